The molecule has 15 heavy (non-hydrogen) atoms. The summed E-state index contributed by atoms with van der Waals surface area (Å²) >= 11 is 0. The molecule has 0 bridgehead atoms. The van der Waals surface area contributed by atoms with Crippen molar-refractivity contribution in [1.82, 2.24) is 4.90 Å². The van der Waals surface area contributed by atoms with Crippen molar-refractivity contribution in [3.8, 4) is 0 Å². The molecule has 1 amide bonds. The fourth-order valence-corrected chi connectivity index (χ4v) is 1.51. The van der Waals surface area contributed by atoms with Crippen molar-refractivity contribution < 1.29 is 15.0 Å². The summed E-state index contributed by atoms with van der Waals surface area (Å²) in [7, 11) is 1.51. The number of hydrogen-bond acceptors (Lipinski definition) is 2. The summed E-state index contributed by atoms with van der Waals surface area (Å²) in [6.45, 7) is -0.0306. The summed E-state index contributed by atoms with van der Waals surface area (Å²) in [6.07, 6.45) is -0.579. The first-order chi connectivity index (χ1) is 7.16. The second kappa shape index (κ2) is 5.36. The largest absolute Gasteiger partial charge is 0.465 e. The van der Waals surface area contributed by atoms with Gasteiger partial charge in [-0.05, 0) is 12.0 Å². The molecular formula is C11H15NO3. The van der Waals surface area contributed by atoms with E-state index < -0.39 is 6.09 Å². The second-order valence-corrected chi connectivity index (χ2v) is 3.33. The lowest BCUT2D eigenvalue weighted by Gasteiger charge is -2.25. The number of hydrogen-bond donors (Lipinski definition) is 2. The number of aliphatic hydroxyl groups is 1. The minimum atomic E-state index is -0.989. The smallest absolute Gasteiger partial charge is 0.407 e. The van der Waals surface area contributed by atoms with Gasteiger partial charge < -0.3 is 15.1 Å². The van der Waals surface area contributed by atoms with E-state index in [-0.39, 0.29) is 12.6 Å². The Morgan fingerprint density at radius 3 is 2.47 bits per heavy atom. The molecule has 0 aromatic heterocycles. The third-order valence-electron chi connectivity index (χ3n) is 2.36. The standard InChI is InChI=1S/C11H15NO3/c1-12(11(14)15)10(7-8-13)9-5-3-2-4-6-9/h2-6,10,13H,7-8H2,1H3,(H,14,15). The van der Waals surface area contributed by atoms with Gasteiger partial charge in [0.2, 0.25) is 0 Å². The van der Waals surface area contributed by atoms with E-state index in [9.17, 15) is 4.79 Å². The summed E-state index contributed by atoms with van der Waals surface area (Å²) in [5.41, 5.74) is 0.899. The van der Waals surface area contributed by atoms with E-state index in [2.05, 4.69) is 0 Å². The molecule has 1 aromatic carbocycles. The van der Waals surface area contributed by atoms with Gasteiger partial charge in [0.1, 0.15) is 0 Å². The highest BCUT2D eigenvalue weighted by molar-refractivity contribution is 5.65. The maximum absolute atomic E-state index is 10.8. The SMILES string of the molecule is CN(C(=O)O)C(CCO)c1ccccc1. The Balaban J connectivity index is 2.87. The lowest BCUT2D eigenvalue weighted by atomic mass is 10.0. The highest BCUT2D eigenvalue weighted by atomic mass is 16.4. The zero-order valence-corrected chi connectivity index (χ0v) is 8.63. The van der Waals surface area contributed by atoms with Gasteiger partial charge in [0.15, 0.2) is 0 Å². The van der Waals surface area contributed by atoms with Gasteiger partial charge >= 0.3 is 6.09 Å². The molecule has 0 aliphatic heterocycles. The molecule has 0 saturated heterocycles. The summed E-state index contributed by atoms with van der Waals surface area (Å²) in [4.78, 5) is 12.0. The van der Waals surface area contributed by atoms with Gasteiger partial charge in [-0.15, -0.1) is 0 Å². The number of rotatable bonds is 4. The number of benzene rings is 1. The Kier molecular flexibility index (Phi) is 4.12. The minimum Gasteiger partial charge on any atom is -0.465 e. The van der Waals surface area contributed by atoms with Crippen molar-refractivity contribution in [1.29, 1.82) is 0 Å². The molecule has 0 fully saturated rings. The van der Waals surface area contributed by atoms with Crippen molar-refractivity contribution in [2.24, 2.45) is 0 Å². The van der Waals surface area contributed by atoms with Crippen molar-refractivity contribution in [3.05, 3.63) is 35.9 Å². The van der Waals surface area contributed by atoms with Crippen LogP contribution in [0.2, 0.25) is 0 Å². The van der Waals surface area contributed by atoms with Gasteiger partial charge in [-0.3, -0.25) is 0 Å². The first-order valence-electron chi connectivity index (χ1n) is 4.78. The molecular weight excluding hydrogens is 194 g/mol. The molecule has 4 nitrogen and oxygen atoms in total. The average molecular weight is 209 g/mol. The van der Waals surface area contributed by atoms with Crippen LogP contribution in [0.5, 0.6) is 0 Å². The highest BCUT2D eigenvalue weighted by Crippen LogP contribution is 2.22. The van der Waals surface area contributed by atoms with Gasteiger partial charge in [0, 0.05) is 13.7 Å². The van der Waals surface area contributed by atoms with Gasteiger partial charge in [0.05, 0.1) is 6.04 Å². The molecule has 0 saturated carbocycles. The highest BCUT2D eigenvalue weighted by Gasteiger charge is 2.19. The van der Waals surface area contributed by atoms with E-state index in [0.29, 0.717) is 6.42 Å². The molecule has 0 radical (unpaired) electrons. The summed E-state index contributed by atoms with van der Waals surface area (Å²) in [6, 6.07) is 9.03. The fourth-order valence-electron chi connectivity index (χ4n) is 1.51. The molecule has 2 N–H and O–H groups in total. The lowest BCUT2D eigenvalue weighted by Crippen LogP contribution is -2.30. The fraction of sp³-hybridized carbons (Fsp3) is 0.364. The predicted octanol–water partition coefficient (Wildman–Crippen LogP) is 1.72. The lowest BCUT2D eigenvalue weighted by molar-refractivity contribution is 0.128. The molecule has 1 unspecified atom stereocenters. The quantitative estimate of drug-likeness (QED) is 0.793. The summed E-state index contributed by atoms with van der Waals surface area (Å²) < 4.78 is 0. The van der Waals surface area contributed by atoms with Crippen molar-refractivity contribution in [2.45, 2.75) is 12.5 Å². The van der Waals surface area contributed by atoms with Crippen LogP contribution in [-0.4, -0.2) is 34.9 Å². The Labute approximate surface area is 88.8 Å². The molecule has 1 aromatic rings. The number of amides is 1. The molecule has 0 heterocycles. The predicted molar refractivity (Wildman–Crippen MR) is 56.7 cm³/mol. The van der Waals surface area contributed by atoms with E-state index in [1.807, 2.05) is 30.3 Å². The number of carbonyl (C=O) groups is 1. The molecule has 4 heteroatoms. The Bertz CT molecular complexity index is 313. The summed E-state index contributed by atoms with van der Waals surface area (Å²) in [5, 5.41) is 17.8. The minimum absolute atomic E-state index is 0.0306. The molecule has 1 rings (SSSR count). The Morgan fingerprint density at radius 1 is 1.40 bits per heavy atom. The van der Waals surface area contributed by atoms with Crippen molar-refractivity contribution in [2.75, 3.05) is 13.7 Å². The number of nitrogens with zero attached hydrogens (tertiary/aromatic N) is 1. The topological polar surface area (TPSA) is 60.8 Å². The van der Waals surface area contributed by atoms with Crippen LogP contribution < -0.4 is 0 Å². The van der Waals surface area contributed by atoms with Crippen LogP contribution in [0.25, 0.3) is 0 Å². The van der Waals surface area contributed by atoms with Crippen LogP contribution in [0.1, 0.15) is 18.0 Å². The third kappa shape index (κ3) is 2.95. The molecule has 0 aliphatic rings. The van der Waals surface area contributed by atoms with E-state index in [0.717, 1.165) is 5.56 Å². The zero-order valence-electron chi connectivity index (χ0n) is 8.63. The first-order valence-corrected chi connectivity index (χ1v) is 4.78. The Hall–Kier alpha value is -1.55. The first kappa shape index (κ1) is 11.5. The zero-order chi connectivity index (χ0) is 11.3. The number of aliphatic hydroxyl groups excluding tert-OH is 1. The van der Waals surface area contributed by atoms with E-state index in [1.54, 1.807) is 0 Å². The normalized spacial score (nSPS) is 12.1. The number of carboxylic acid groups (broad SMARTS) is 1. The maximum Gasteiger partial charge on any atom is 0.407 e. The molecule has 0 spiro atoms. The molecule has 0 aliphatic carbocycles. The second-order valence-electron chi connectivity index (χ2n) is 3.33. The van der Waals surface area contributed by atoms with Crippen molar-refractivity contribution >= 4 is 6.09 Å². The third-order valence-corrected chi connectivity index (χ3v) is 2.36. The van der Waals surface area contributed by atoms with Gasteiger partial charge in [0.25, 0.3) is 0 Å². The monoisotopic (exact) mass is 209 g/mol. The molecule has 82 valence electrons. The van der Waals surface area contributed by atoms with Crippen LogP contribution in [0.15, 0.2) is 30.3 Å². The van der Waals surface area contributed by atoms with Crippen LogP contribution in [-0.2, 0) is 0 Å². The Morgan fingerprint density at radius 2 is 2.00 bits per heavy atom. The van der Waals surface area contributed by atoms with Crippen molar-refractivity contribution in [3.63, 3.8) is 0 Å². The van der Waals surface area contributed by atoms with Gasteiger partial charge in [-0.2, -0.15) is 0 Å². The van der Waals surface area contributed by atoms with Crippen LogP contribution in [0.4, 0.5) is 4.79 Å². The maximum atomic E-state index is 10.8. The summed E-state index contributed by atoms with van der Waals surface area (Å²) in [5.74, 6) is 0. The molecule has 1 atom stereocenters. The van der Waals surface area contributed by atoms with Crippen LogP contribution in [0, 0.1) is 0 Å². The van der Waals surface area contributed by atoms with Crippen LogP contribution in [0.3, 0.4) is 0 Å². The average Bonchev–Trinajstić information content (AvgIpc) is 2.26. The van der Waals surface area contributed by atoms with Gasteiger partial charge in [-0.1, -0.05) is 30.3 Å². The van der Waals surface area contributed by atoms with E-state index in [1.165, 1.54) is 11.9 Å². The van der Waals surface area contributed by atoms with Gasteiger partial charge in [-0.25, -0.2) is 4.79 Å². The van der Waals surface area contributed by atoms with Crippen LogP contribution >= 0.6 is 0 Å². The van der Waals surface area contributed by atoms with E-state index >= 15 is 0 Å². The van der Waals surface area contributed by atoms with E-state index in [4.69, 9.17) is 10.2 Å².